The minimum Gasteiger partial charge on any atom is -0.396 e. The minimum atomic E-state index is 0.232. The molecule has 1 rings (SSSR count). The van der Waals surface area contributed by atoms with Crippen LogP contribution in [0.1, 0.15) is 32.5 Å². The molecule has 14 heavy (non-hydrogen) atoms. The van der Waals surface area contributed by atoms with E-state index in [4.69, 9.17) is 5.11 Å². The SMILES string of the molecule is CCCn1ncnc1CC(CC)CO. The highest BCUT2D eigenvalue weighted by Crippen LogP contribution is 2.09. The molecule has 1 N–H and O–H groups in total. The third kappa shape index (κ3) is 2.80. The zero-order valence-electron chi connectivity index (χ0n) is 8.98. The smallest absolute Gasteiger partial charge is 0.138 e. The van der Waals surface area contributed by atoms with Gasteiger partial charge in [-0.2, -0.15) is 5.10 Å². The molecule has 1 heterocycles. The number of aliphatic hydroxyl groups is 1. The van der Waals surface area contributed by atoms with Crippen molar-refractivity contribution in [1.82, 2.24) is 14.8 Å². The third-order valence-electron chi connectivity index (χ3n) is 2.44. The number of hydrogen-bond donors (Lipinski definition) is 1. The van der Waals surface area contributed by atoms with Gasteiger partial charge < -0.3 is 5.11 Å². The largest absolute Gasteiger partial charge is 0.396 e. The molecule has 80 valence electrons. The highest BCUT2D eigenvalue weighted by atomic mass is 16.3. The molecule has 0 fully saturated rings. The highest BCUT2D eigenvalue weighted by Gasteiger charge is 2.10. The number of aromatic nitrogens is 3. The minimum absolute atomic E-state index is 0.232. The predicted octanol–water partition coefficient (Wildman–Crippen LogP) is 1.25. The van der Waals surface area contributed by atoms with Gasteiger partial charge in [0.25, 0.3) is 0 Å². The van der Waals surface area contributed by atoms with Crippen LogP contribution in [0.15, 0.2) is 6.33 Å². The summed E-state index contributed by atoms with van der Waals surface area (Å²) >= 11 is 0. The summed E-state index contributed by atoms with van der Waals surface area (Å²) in [6.45, 7) is 5.35. The number of nitrogens with zero attached hydrogens (tertiary/aromatic N) is 3. The van der Waals surface area contributed by atoms with Crippen LogP contribution in [0.4, 0.5) is 0 Å². The Morgan fingerprint density at radius 1 is 1.50 bits per heavy atom. The summed E-state index contributed by atoms with van der Waals surface area (Å²) < 4.78 is 1.93. The molecule has 0 aromatic carbocycles. The van der Waals surface area contributed by atoms with Crippen molar-refractivity contribution >= 4 is 0 Å². The van der Waals surface area contributed by atoms with Crippen molar-refractivity contribution in [3.05, 3.63) is 12.2 Å². The third-order valence-corrected chi connectivity index (χ3v) is 2.44. The van der Waals surface area contributed by atoms with Gasteiger partial charge in [-0.05, 0) is 12.3 Å². The molecule has 0 bridgehead atoms. The summed E-state index contributed by atoms with van der Waals surface area (Å²) in [6.07, 6.45) is 4.46. The second-order valence-electron chi connectivity index (χ2n) is 3.56. The lowest BCUT2D eigenvalue weighted by Gasteiger charge is -2.11. The Morgan fingerprint density at radius 2 is 2.29 bits per heavy atom. The van der Waals surface area contributed by atoms with Crippen molar-refractivity contribution in [2.45, 2.75) is 39.7 Å². The first-order valence-electron chi connectivity index (χ1n) is 5.29. The molecule has 1 aromatic rings. The summed E-state index contributed by atoms with van der Waals surface area (Å²) in [6, 6.07) is 0. The molecule has 0 saturated carbocycles. The van der Waals surface area contributed by atoms with E-state index in [0.29, 0.717) is 5.92 Å². The van der Waals surface area contributed by atoms with Gasteiger partial charge in [-0.15, -0.1) is 0 Å². The molecule has 0 radical (unpaired) electrons. The number of aryl methyl sites for hydroxylation is 1. The summed E-state index contributed by atoms with van der Waals surface area (Å²) in [4.78, 5) is 4.21. The monoisotopic (exact) mass is 197 g/mol. The van der Waals surface area contributed by atoms with Crippen LogP contribution >= 0.6 is 0 Å². The Bertz CT molecular complexity index is 256. The summed E-state index contributed by atoms with van der Waals surface area (Å²) in [7, 11) is 0. The average Bonchev–Trinajstić information content (AvgIpc) is 2.62. The van der Waals surface area contributed by atoms with Crippen LogP contribution < -0.4 is 0 Å². The molecular weight excluding hydrogens is 178 g/mol. The summed E-state index contributed by atoms with van der Waals surface area (Å²) in [5, 5.41) is 13.2. The van der Waals surface area contributed by atoms with Gasteiger partial charge in [-0.25, -0.2) is 4.98 Å². The molecule has 1 atom stereocenters. The molecule has 4 nitrogen and oxygen atoms in total. The fraction of sp³-hybridized carbons (Fsp3) is 0.800. The van der Waals surface area contributed by atoms with E-state index in [9.17, 15) is 0 Å². The molecule has 0 aliphatic heterocycles. The Hall–Kier alpha value is -0.900. The topological polar surface area (TPSA) is 50.9 Å². The van der Waals surface area contributed by atoms with E-state index in [1.165, 1.54) is 0 Å². The van der Waals surface area contributed by atoms with E-state index in [2.05, 4.69) is 23.9 Å². The predicted molar refractivity (Wildman–Crippen MR) is 54.9 cm³/mol. The maximum absolute atomic E-state index is 9.09. The maximum atomic E-state index is 9.09. The van der Waals surface area contributed by atoms with Crippen LogP contribution in [0.25, 0.3) is 0 Å². The van der Waals surface area contributed by atoms with Gasteiger partial charge in [0.05, 0.1) is 0 Å². The Balaban J connectivity index is 2.60. The highest BCUT2D eigenvalue weighted by molar-refractivity contribution is 4.87. The van der Waals surface area contributed by atoms with Gasteiger partial charge in [0, 0.05) is 19.6 Å². The normalized spacial score (nSPS) is 13.1. The van der Waals surface area contributed by atoms with Gasteiger partial charge in [-0.1, -0.05) is 20.3 Å². The second kappa shape index (κ2) is 5.75. The lowest BCUT2D eigenvalue weighted by Crippen LogP contribution is -2.13. The Kier molecular flexibility index (Phi) is 4.59. The molecule has 1 aromatic heterocycles. The van der Waals surface area contributed by atoms with E-state index < -0.39 is 0 Å². The fourth-order valence-electron chi connectivity index (χ4n) is 1.44. The average molecular weight is 197 g/mol. The number of rotatable bonds is 6. The van der Waals surface area contributed by atoms with Gasteiger partial charge in [0.2, 0.25) is 0 Å². The molecule has 0 amide bonds. The van der Waals surface area contributed by atoms with Gasteiger partial charge in [0.1, 0.15) is 12.2 Å². The van der Waals surface area contributed by atoms with E-state index in [-0.39, 0.29) is 6.61 Å². The quantitative estimate of drug-likeness (QED) is 0.746. The molecule has 4 heteroatoms. The lowest BCUT2D eigenvalue weighted by atomic mass is 10.0. The molecule has 0 saturated heterocycles. The van der Waals surface area contributed by atoms with Gasteiger partial charge in [-0.3, -0.25) is 4.68 Å². The lowest BCUT2D eigenvalue weighted by molar-refractivity contribution is 0.219. The van der Waals surface area contributed by atoms with Crippen molar-refractivity contribution in [3.8, 4) is 0 Å². The van der Waals surface area contributed by atoms with Crippen molar-refractivity contribution in [2.75, 3.05) is 6.61 Å². The van der Waals surface area contributed by atoms with Crippen molar-refractivity contribution in [1.29, 1.82) is 0 Å². The van der Waals surface area contributed by atoms with Crippen LogP contribution in [0.2, 0.25) is 0 Å². The number of hydrogen-bond acceptors (Lipinski definition) is 3. The summed E-state index contributed by atoms with van der Waals surface area (Å²) in [5.41, 5.74) is 0. The second-order valence-corrected chi connectivity index (χ2v) is 3.56. The van der Waals surface area contributed by atoms with Crippen molar-refractivity contribution in [2.24, 2.45) is 5.92 Å². The zero-order valence-corrected chi connectivity index (χ0v) is 8.98. The van der Waals surface area contributed by atoms with Crippen LogP contribution in [-0.4, -0.2) is 26.5 Å². The first-order valence-corrected chi connectivity index (χ1v) is 5.29. The van der Waals surface area contributed by atoms with E-state index in [1.54, 1.807) is 6.33 Å². The van der Waals surface area contributed by atoms with E-state index in [0.717, 1.165) is 31.6 Å². The molecule has 0 aliphatic rings. The van der Waals surface area contributed by atoms with Gasteiger partial charge >= 0.3 is 0 Å². The van der Waals surface area contributed by atoms with Crippen LogP contribution in [0, 0.1) is 5.92 Å². The zero-order chi connectivity index (χ0) is 10.4. The van der Waals surface area contributed by atoms with Crippen molar-refractivity contribution < 1.29 is 5.11 Å². The first-order chi connectivity index (χ1) is 6.81. The Morgan fingerprint density at radius 3 is 2.86 bits per heavy atom. The summed E-state index contributed by atoms with van der Waals surface area (Å²) in [5.74, 6) is 1.31. The van der Waals surface area contributed by atoms with Crippen LogP contribution in [0.3, 0.4) is 0 Å². The standard InChI is InChI=1S/C10H19N3O/c1-3-5-13-10(11-8-12-13)6-9(4-2)7-14/h8-9,14H,3-7H2,1-2H3. The first kappa shape index (κ1) is 11.2. The molecular formula is C10H19N3O. The van der Waals surface area contributed by atoms with Crippen LogP contribution in [0.5, 0.6) is 0 Å². The van der Waals surface area contributed by atoms with Crippen LogP contribution in [-0.2, 0) is 13.0 Å². The Labute approximate surface area is 85.0 Å². The van der Waals surface area contributed by atoms with Crippen molar-refractivity contribution in [3.63, 3.8) is 0 Å². The molecule has 1 unspecified atom stereocenters. The van der Waals surface area contributed by atoms with E-state index >= 15 is 0 Å². The molecule has 0 aliphatic carbocycles. The van der Waals surface area contributed by atoms with Gasteiger partial charge in [0.15, 0.2) is 0 Å². The molecule has 0 spiro atoms. The number of aliphatic hydroxyl groups excluding tert-OH is 1. The fourth-order valence-corrected chi connectivity index (χ4v) is 1.44. The van der Waals surface area contributed by atoms with E-state index in [1.807, 2.05) is 4.68 Å². The maximum Gasteiger partial charge on any atom is 0.138 e.